The predicted molar refractivity (Wildman–Crippen MR) is 66.5 cm³/mol. The lowest BCUT2D eigenvalue weighted by Gasteiger charge is -2.03. The molecule has 2 heterocycles. The van der Waals surface area contributed by atoms with Crippen molar-refractivity contribution in [3.63, 3.8) is 0 Å². The largest absolute Gasteiger partial charge is 0.310 e. The Morgan fingerprint density at radius 2 is 2.44 bits per heavy atom. The van der Waals surface area contributed by atoms with Gasteiger partial charge < -0.3 is 5.32 Å². The van der Waals surface area contributed by atoms with E-state index in [-0.39, 0.29) is 0 Å². The maximum Gasteiger partial charge on any atom is 0.0797 e. The Hall–Kier alpha value is -1.13. The third-order valence-corrected chi connectivity index (χ3v) is 4.00. The minimum Gasteiger partial charge on any atom is -0.310 e. The molecule has 0 saturated heterocycles. The van der Waals surface area contributed by atoms with Crippen LogP contribution in [0.4, 0.5) is 0 Å². The molecule has 1 aliphatic rings. The fraction of sp³-hybridized carbons (Fsp3) is 0.417. The summed E-state index contributed by atoms with van der Waals surface area (Å²) in [5.41, 5.74) is 3.78. The topological polar surface area (TPSA) is 40.7 Å². The second kappa shape index (κ2) is 4.03. The summed E-state index contributed by atoms with van der Waals surface area (Å²) in [7, 11) is 0. The van der Waals surface area contributed by atoms with Crippen molar-refractivity contribution in [3.05, 3.63) is 28.8 Å². The molecule has 1 saturated carbocycles. The van der Waals surface area contributed by atoms with E-state index in [2.05, 4.69) is 33.9 Å². The molecule has 4 heteroatoms. The zero-order chi connectivity index (χ0) is 11.0. The molecular formula is C12H15N3S. The molecule has 3 nitrogen and oxygen atoms in total. The second-order valence-electron chi connectivity index (χ2n) is 4.36. The van der Waals surface area contributed by atoms with Crippen molar-refractivity contribution in [1.82, 2.24) is 15.5 Å². The van der Waals surface area contributed by atoms with Crippen molar-refractivity contribution < 1.29 is 0 Å². The van der Waals surface area contributed by atoms with Crippen LogP contribution in [-0.4, -0.2) is 16.2 Å². The first kappa shape index (κ1) is 10.1. The molecule has 1 fully saturated rings. The molecule has 0 aromatic carbocycles. The number of hydrogen-bond donors (Lipinski definition) is 2. The Labute approximate surface area is 98.9 Å². The average Bonchev–Trinajstić information content (AvgIpc) is 2.83. The fourth-order valence-corrected chi connectivity index (χ4v) is 2.77. The van der Waals surface area contributed by atoms with Gasteiger partial charge in [-0.25, -0.2) is 0 Å². The lowest BCUT2D eigenvalue weighted by Crippen LogP contribution is -2.15. The van der Waals surface area contributed by atoms with Crippen molar-refractivity contribution in [1.29, 1.82) is 0 Å². The van der Waals surface area contributed by atoms with E-state index >= 15 is 0 Å². The molecule has 2 aromatic heterocycles. The second-order valence-corrected chi connectivity index (χ2v) is 5.27. The molecule has 84 valence electrons. The van der Waals surface area contributed by atoms with Crippen molar-refractivity contribution in [3.8, 4) is 10.6 Å². The number of thiophene rings is 1. The van der Waals surface area contributed by atoms with Crippen LogP contribution in [0.5, 0.6) is 0 Å². The summed E-state index contributed by atoms with van der Waals surface area (Å²) in [6, 6.07) is 2.89. The summed E-state index contributed by atoms with van der Waals surface area (Å²) in [5.74, 6) is 0. The summed E-state index contributed by atoms with van der Waals surface area (Å²) < 4.78 is 0. The summed E-state index contributed by atoms with van der Waals surface area (Å²) in [4.78, 5) is 1.31. The highest BCUT2D eigenvalue weighted by Gasteiger charge is 2.21. The summed E-state index contributed by atoms with van der Waals surface area (Å²) >= 11 is 1.77. The van der Waals surface area contributed by atoms with Gasteiger partial charge in [-0.2, -0.15) is 5.10 Å². The highest BCUT2D eigenvalue weighted by molar-refractivity contribution is 7.13. The quantitative estimate of drug-likeness (QED) is 0.852. The summed E-state index contributed by atoms with van der Waals surface area (Å²) in [6.07, 6.45) is 4.58. The molecule has 1 aliphatic carbocycles. The molecule has 0 radical (unpaired) electrons. The Kier molecular flexibility index (Phi) is 2.53. The van der Waals surface area contributed by atoms with Crippen LogP contribution in [0, 0.1) is 6.92 Å². The van der Waals surface area contributed by atoms with Crippen molar-refractivity contribution in [2.45, 2.75) is 32.4 Å². The standard InChI is InChI=1S/C12H15N3S/c1-8-4-5-16-12(8)11-9(7-14-15-11)6-13-10-2-3-10/h4-5,7,10,13H,2-3,6H2,1H3,(H,14,15). The van der Waals surface area contributed by atoms with Gasteiger partial charge in [0.1, 0.15) is 0 Å². The molecule has 2 aromatic rings. The molecular weight excluding hydrogens is 218 g/mol. The van der Waals surface area contributed by atoms with E-state index < -0.39 is 0 Å². The van der Waals surface area contributed by atoms with Gasteiger partial charge in [-0.1, -0.05) is 0 Å². The van der Waals surface area contributed by atoms with Gasteiger partial charge in [0.2, 0.25) is 0 Å². The number of aromatic nitrogens is 2. The van der Waals surface area contributed by atoms with Gasteiger partial charge >= 0.3 is 0 Å². The zero-order valence-corrected chi connectivity index (χ0v) is 10.1. The van der Waals surface area contributed by atoms with E-state index in [1.54, 1.807) is 11.3 Å². The van der Waals surface area contributed by atoms with Crippen LogP contribution in [0.1, 0.15) is 24.0 Å². The molecule has 0 atom stereocenters. The first-order valence-electron chi connectivity index (χ1n) is 5.64. The van der Waals surface area contributed by atoms with Crippen molar-refractivity contribution in [2.75, 3.05) is 0 Å². The molecule has 16 heavy (non-hydrogen) atoms. The lowest BCUT2D eigenvalue weighted by atomic mass is 10.1. The summed E-state index contributed by atoms with van der Waals surface area (Å²) in [5, 5.41) is 12.9. The van der Waals surface area contributed by atoms with E-state index in [0.29, 0.717) is 0 Å². The Balaban J connectivity index is 1.83. The number of aryl methyl sites for hydroxylation is 1. The first-order valence-corrected chi connectivity index (χ1v) is 6.52. The molecule has 0 spiro atoms. The van der Waals surface area contributed by atoms with E-state index in [4.69, 9.17) is 0 Å². The van der Waals surface area contributed by atoms with Gasteiger partial charge in [-0.15, -0.1) is 11.3 Å². The molecule has 0 bridgehead atoms. The minimum atomic E-state index is 0.743. The molecule has 2 N–H and O–H groups in total. The van der Waals surface area contributed by atoms with Crippen LogP contribution >= 0.6 is 11.3 Å². The number of rotatable bonds is 4. The van der Waals surface area contributed by atoms with Gasteiger partial charge in [0.05, 0.1) is 16.8 Å². The number of hydrogen-bond acceptors (Lipinski definition) is 3. The van der Waals surface area contributed by atoms with E-state index in [1.807, 2.05) is 6.20 Å². The summed E-state index contributed by atoms with van der Waals surface area (Å²) in [6.45, 7) is 3.07. The van der Waals surface area contributed by atoms with Crippen LogP contribution in [0.15, 0.2) is 17.6 Å². The minimum absolute atomic E-state index is 0.743. The maximum atomic E-state index is 4.16. The number of aromatic amines is 1. The van der Waals surface area contributed by atoms with Gasteiger partial charge in [0.15, 0.2) is 0 Å². The SMILES string of the molecule is Cc1ccsc1-c1[nH]ncc1CNC1CC1. The van der Waals surface area contributed by atoms with Crippen LogP contribution in [0.2, 0.25) is 0 Å². The Bertz CT molecular complexity index is 482. The van der Waals surface area contributed by atoms with Crippen molar-refractivity contribution in [2.24, 2.45) is 0 Å². The molecule has 0 aliphatic heterocycles. The first-order chi connectivity index (χ1) is 7.84. The third-order valence-electron chi connectivity index (χ3n) is 2.97. The Morgan fingerprint density at radius 1 is 1.56 bits per heavy atom. The van der Waals surface area contributed by atoms with Crippen LogP contribution in [0.25, 0.3) is 10.6 Å². The van der Waals surface area contributed by atoms with Gasteiger partial charge in [-0.3, -0.25) is 5.10 Å². The maximum absolute atomic E-state index is 4.16. The number of nitrogens with zero attached hydrogens (tertiary/aromatic N) is 1. The van der Waals surface area contributed by atoms with Crippen molar-refractivity contribution >= 4 is 11.3 Å². The van der Waals surface area contributed by atoms with Crippen LogP contribution < -0.4 is 5.32 Å². The predicted octanol–water partition coefficient (Wildman–Crippen LogP) is 2.70. The van der Waals surface area contributed by atoms with E-state index in [0.717, 1.165) is 12.6 Å². The van der Waals surface area contributed by atoms with Crippen LogP contribution in [0.3, 0.4) is 0 Å². The highest BCUT2D eigenvalue weighted by atomic mass is 32.1. The van der Waals surface area contributed by atoms with E-state index in [9.17, 15) is 0 Å². The number of nitrogens with one attached hydrogen (secondary N) is 2. The normalized spacial score (nSPS) is 15.6. The smallest absolute Gasteiger partial charge is 0.0797 e. The van der Waals surface area contributed by atoms with Gasteiger partial charge in [-0.05, 0) is 36.8 Å². The fourth-order valence-electron chi connectivity index (χ4n) is 1.81. The monoisotopic (exact) mass is 233 g/mol. The van der Waals surface area contributed by atoms with Gasteiger partial charge in [0, 0.05) is 18.2 Å². The molecule has 3 rings (SSSR count). The van der Waals surface area contributed by atoms with Crippen LogP contribution in [-0.2, 0) is 6.54 Å². The Morgan fingerprint density at radius 3 is 3.12 bits per heavy atom. The third kappa shape index (κ3) is 1.90. The van der Waals surface area contributed by atoms with E-state index in [1.165, 1.54) is 34.5 Å². The zero-order valence-electron chi connectivity index (χ0n) is 9.29. The molecule has 0 amide bonds. The number of H-pyrrole nitrogens is 1. The average molecular weight is 233 g/mol. The molecule has 0 unspecified atom stereocenters. The highest BCUT2D eigenvalue weighted by Crippen LogP contribution is 2.30. The lowest BCUT2D eigenvalue weighted by molar-refractivity contribution is 0.689. The van der Waals surface area contributed by atoms with Gasteiger partial charge in [0.25, 0.3) is 0 Å².